The van der Waals surface area contributed by atoms with Gasteiger partial charge >= 0.3 is 6.09 Å². The number of halogens is 2. The number of fused-ring (bicyclic) bond motifs is 1. The van der Waals surface area contributed by atoms with Gasteiger partial charge in [0.05, 0.1) is 24.4 Å². The summed E-state index contributed by atoms with van der Waals surface area (Å²) >= 11 is 0. The normalized spacial score (nSPS) is 12.4. The zero-order valence-corrected chi connectivity index (χ0v) is 20.7. The second-order valence-corrected chi connectivity index (χ2v) is 9.49. The number of hydrogen-bond donors (Lipinski definition) is 3. The van der Waals surface area contributed by atoms with Crippen molar-refractivity contribution in [2.45, 2.75) is 31.3 Å². The number of pyridine rings is 2. The maximum absolute atomic E-state index is 15.3. The Morgan fingerprint density at radius 1 is 1.25 bits per heavy atom. The van der Waals surface area contributed by atoms with Crippen molar-refractivity contribution in [3.8, 4) is 11.1 Å². The molecule has 36 heavy (non-hydrogen) atoms. The van der Waals surface area contributed by atoms with Gasteiger partial charge in [-0.1, -0.05) is 6.92 Å². The van der Waals surface area contributed by atoms with Gasteiger partial charge in [-0.3, -0.25) is 9.36 Å². The van der Waals surface area contributed by atoms with Crippen LogP contribution < -0.4 is 20.9 Å². The molecule has 0 aliphatic rings. The summed E-state index contributed by atoms with van der Waals surface area (Å²) in [7, 11) is -1.78. The molecule has 0 saturated heterocycles. The molecule has 3 aromatic rings. The standard InChI is InChI=1S/C21H25F2N7O5S/c1-5-6-27-36(33,34)18-16(23)15(14(22)10-24-18)13-7-12-9-26-20(29-17(12)30(3)19(13)31)25-8-11(2)28-21(32)35-4/h7,9-11,27H,5-6,8H2,1-4H3,(H,28,32)(H,25,26,29)/t11-/m0/s1. The van der Waals surface area contributed by atoms with Crippen molar-refractivity contribution >= 4 is 33.1 Å². The van der Waals surface area contributed by atoms with E-state index in [1.807, 2.05) is 0 Å². The number of nitrogens with one attached hydrogen (secondary N) is 3. The van der Waals surface area contributed by atoms with Crippen LogP contribution in [-0.2, 0) is 21.8 Å². The molecule has 0 bridgehead atoms. The number of anilines is 1. The summed E-state index contributed by atoms with van der Waals surface area (Å²) in [6.07, 6.45) is 1.72. The zero-order valence-electron chi connectivity index (χ0n) is 19.9. The summed E-state index contributed by atoms with van der Waals surface area (Å²) in [6.45, 7) is 3.70. The highest BCUT2D eigenvalue weighted by Crippen LogP contribution is 2.28. The molecule has 0 saturated carbocycles. The van der Waals surface area contributed by atoms with E-state index in [0.29, 0.717) is 12.6 Å². The number of methoxy groups -OCH3 is 1. The molecule has 3 N–H and O–H groups in total. The largest absolute Gasteiger partial charge is 0.453 e. The minimum Gasteiger partial charge on any atom is -0.453 e. The molecule has 194 valence electrons. The lowest BCUT2D eigenvalue weighted by Crippen LogP contribution is -2.37. The van der Waals surface area contributed by atoms with Crippen LogP contribution in [0.25, 0.3) is 22.2 Å². The first-order chi connectivity index (χ1) is 17.0. The van der Waals surface area contributed by atoms with E-state index < -0.39 is 49.5 Å². The zero-order chi connectivity index (χ0) is 26.6. The Morgan fingerprint density at radius 3 is 2.64 bits per heavy atom. The van der Waals surface area contributed by atoms with Gasteiger partial charge < -0.3 is 15.4 Å². The lowest BCUT2D eigenvalue weighted by Gasteiger charge is -2.15. The van der Waals surface area contributed by atoms with E-state index in [1.54, 1.807) is 13.8 Å². The molecule has 0 unspecified atom stereocenters. The van der Waals surface area contributed by atoms with E-state index in [4.69, 9.17) is 0 Å². The number of aromatic nitrogens is 4. The lowest BCUT2D eigenvalue weighted by molar-refractivity contribution is 0.168. The molecule has 1 amide bonds. The average molecular weight is 526 g/mol. The second kappa shape index (κ2) is 10.9. The SMILES string of the molecule is CCCNS(=O)(=O)c1ncc(F)c(-c2cc3cnc(NC[C@H](C)NC(=O)OC)nc3n(C)c2=O)c1F. The number of alkyl carbamates (subject to hydrolysis) is 1. The Kier molecular flexibility index (Phi) is 8.14. The maximum Gasteiger partial charge on any atom is 0.407 e. The quantitative estimate of drug-likeness (QED) is 0.377. The number of sulfonamides is 1. The number of carbonyl (C=O) groups is 1. The Labute approximate surface area is 205 Å². The molecule has 0 fully saturated rings. The third-order valence-corrected chi connectivity index (χ3v) is 6.45. The molecule has 0 aliphatic heterocycles. The molecular formula is C21H25F2N7O5S. The van der Waals surface area contributed by atoms with E-state index in [9.17, 15) is 22.4 Å². The van der Waals surface area contributed by atoms with Crippen LogP contribution in [0, 0.1) is 11.6 Å². The first-order valence-electron chi connectivity index (χ1n) is 10.8. The van der Waals surface area contributed by atoms with E-state index in [2.05, 4.69) is 35.0 Å². The molecule has 3 rings (SSSR count). The smallest absolute Gasteiger partial charge is 0.407 e. The summed E-state index contributed by atoms with van der Waals surface area (Å²) in [5, 5.41) is 4.72. The van der Waals surface area contributed by atoms with Gasteiger partial charge in [0, 0.05) is 37.8 Å². The van der Waals surface area contributed by atoms with Crippen LogP contribution in [0.2, 0.25) is 0 Å². The van der Waals surface area contributed by atoms with Gasteiger partial charge in [0.25, 0.3) is 15.6 Å². The maximum atomic E-state index is 15.3. The first kappa shape index (κ1) is 26.9. The molecule has 0 aliphatic carbocycles. The van der Waals surface area contributed by atoms with E-state index in [-0.39, 0.29) is 36.1 Å². The Hall–Kier alpha value is -3.72. The number of aryl methyl sites for hydroxylation is 1. The van der Waals surface area contributed by atoms with Crippen molar-refractivity contribution in [3.05, 3.63) is 40.4 Å². The van der Waals surface area contributed by atoms with Gasteiger partial charge in [0.1, 0.15) is 5.65 Å². The van der Waals surface area contributed by atoms with Crippen LogP contribution in [-0.4, -0.2) is 60.3 Å². The number of hydrogen-bond acceptors (Lipinski definition) is 9. The van der Waals surface area contributed by atoms with Crippen molar-refractivity contribution in [3.63, 3.8) is 0 Å². The number of nitrogens with zero attached hydrogens (tertiary/aromatic N) is 4. The molecule has 0 spiro atoms. The summed E-state index contributed by atoms with van der Waals surface area (Å²) < 4.78 is 62.5. The third kappa shape index (κ3) is 5.57. The molecule has 1 atom stereocenters. The van der Waals surface area contributed by atoms with E-state index >= 15 is 4.39 Å². The summed E-state index contributed by atoms with van der Waals surface area (Å²) in [6, 6.07) is 0.845. The Morgan fingerprint density at radius 2 is 1.97 bits per heavy atom. The minimum atomic E-state index is -4.37. The Bertz CT molecular complexity index is 1460. The topological polar surface area (TPSA) is 157 Å². The van der Waals surface area contributed by atoms with Gasteiger partial charge in [-0.05, 0) is 19.4 Å². The van der Waals surface area contributed by atoms with Gasteiger partial charge in [-0.25, -0.2) is 36.7 Å². The van der Waals surface area contributed by atoms with Crippen molar-refractivity contribution in [2.75, 3.05) is 25.5 Å². The first-order valence-corrected chi connectivity index (χ1v) is 12.3. The van der Waals surface area contributed by atoms with Gasteiger partial charge in [-0.15, -0.1) is 0 Å². The second-order valence-electron chi connectivity index (χ2n) is 7.81. The van der Waals surface area contributed by atoms with Crippen LogP contribution in [0.15, 0.2) is 28.3 Å². The Balaban J connectivity index is 2.02. The van der Waals surface area contributed by atoms with E-state index in [0.717, 1.165) is 4.57 Å². The number of amides is 1. The van der Waals surface area contributed by atoms with Crippen LogP contribution in [0.5, 0.6) is 0 Å². The molecule has 3 aromatic heterocycles. The number of rotatable bonds is 9. The summed E-state index contributed by atoms with van der Waals surface area (Å²) in [4.78, 5) is 36.1. The predicted octanol–water partition coefficient (Wildman–Crippen LogP) is 1.51. The lowest BCUT2D eigenvalue weighted by atomic mass is 10.1. The van der Waals surface area contributed by atoms with Crippen molar-refractivity contribution < 1.29 is 26.7 Å². The van der Waals surface area contributed by atoms with Crippen LogP contribution in [0.3, 0.4) is 0 Å². The number of carbonyl (C=O) groups excluding carboxylic acids is 1. The highest BCUT2D eigenvalue weighted by Gasteiger charge is 2.28. The van der Waals surface area contributed by atoms with Crippen molar-refractivity contribution in [1.82, 2.24) is 29.6 Å². The number of ether oxygens (including phenoxy) is 1. The average Bonchev–Trinajstić information content (AvgIpc) is 2.84. The fraction of sp³-hybridized carbons (Fsp3) is 0.381. The molecule has 0 aromatic carbocycles. The van der Waals surface area contributed by atoms with E-state index in [1.165, 1.54) is 26.4 Å². The third-order valence-electron chi connectivity index (χ3n) is 5.07. The highest BCUT2D eigenvalue weighted by molar-refractivity contribution is 7.89. The minimum absolute atomic E-state index is 0.0269. The molecule has 12 nitrogen and oxygen atoms in total. The van der Waals surface area contributed by atoms with Gasteiger partial charge in [0.15, 0.2) is 11.6 Å². The molecular weight excluding hydrogens is 500 g/mol. The van der Waals surface area contributed by atoms with Crippen LogP contribution >= 0.6 is 0 Å². The fourth-order valence-corrected chi connectivity index (χ4v) is 4.39. The van der Waals surface area contributed by atoms with Gasteiger partial charge in [-0.2, -0.15) is 4.98 Å². The summed E-state index contributed by atoms with van der Waals surface area (Å²) in [5.41, 5.74) is -1.91. The molecule has 15 heteroatoms. The fourth-order valence-electron chi connectivity index (χ4n) is 3.25. The van der Waals surface area contributed by atoms with Crippen molar-refractivity contribution in [1.29, 1.82) is 0 Å². The van der Waals surface area contributed by atoms with Crippen LogP contribution in [0.1, 0.15) is 20.3 Å². The van der Waals surface area contributed by atoms with Crippen LogP contribution in [0.4, 0.5) is 19.5 Å². The molecule has 3 heterocycles. The molecule has 0 radical (unpaired) electrons. The summed E-state index contributed by atoms with van der Waals surface area (Å²) in [5.74, 6) is -2.55. The van der Waals surface area contributed by atoms with Crippen molar-refractivity contribution in [2.24, 2.45) is 7.05 Å². The van der Waals surface area contributed by atoms with Gasteiger partial charge in [0.2, 0.25) is 11.0 Å². The predicted molar refractivity (Wildman–Crippen MR) is 127 cm³/mol. The highest BCUT2D eigenvalue weighted by atomic mass is 32.2. The monoisotopic (exact) mass is 525 g/mol.